The predicted octanol–water partition coefficient (Wildman–Crippen LogP) is 2.18. The summed E-state index contributed by atoms with van der Waals surface area (Å²) in [5, 5.41) is 3.75. The third-order valence-corrected chi connectivity index (χ3v) is 4.49. The van der Waals surface area contributed by atoms with Crippen LogP contribution in [0, 0.1) is 11.8 Å². The molecule has 1 N–H and O–H groups in total. The number of pyridine rings is 1. The van der Waals surface area contributed by atoms with Crippen LogP contribution < -0.4 is 5.32 Å². The van der Waals surface area contributed by atoms with E-state index in [1.807, 2.05) is 12.4 Å². The first-order valence-corrected chi connectivity index (χ1v) is 5.93. The lowest BCUT2D eigenvalue weighted by Gasteiger charge is -2.29. The molecule has 0 aromatic carbocycles. The van der Waals surface area contributed by atoms with Gasteiger partial charge in [-0.1, -0.05) is 19.9 Å². The summed E-state index contributed by atoms with van der Waals surface area (Å²) in [5.41, 5.74) is 1.41. The molecule has 5 atom stereocenters. The number of aromatic nitrogens is 1. The summed E-state index contributed by atoms with van der Waals surface area (Å²) in [7, 11) is 0. The molecule has 2 nitrogen and oxygen atoms in total. The van der Waals surface area contributed by atoms with Gasteiger partial charge in [0.1, 0.15) is 0 Å². The van der Waals surface area contributed by atoms with Gasteiger partial charge in [0.2, 0.25) is 0 Å². The summed E-state index contributed by atoms with van der Waals surface area (Å²) < 4.78 is 0. The zero-order chi connectivity index (χ0) is 10.4. The van der Waals surface area contributed by atoms with E-state index in [9.17, 15) is 0 Å². The molecule has 5 unspecified atom stereocenters. The second-order valence-electron chi connectivity index (χ2n) is 5.15. The third kappa shape index (κ3) is 1.31. The van der Waals surface area contributed by atoms with Crippen LogP contribution in [-0.2, 0) is 0 Å². The monoisotopic (exact) mass is 202 g/mol. The molecule has 0 saturated carbocycles. The summed E-state index contributed by atoms with van der Waals surface area (Å²) >= 11 is 0. The van der Waals surface area contributed by atoms with Crippen LogP contribution in [0.1, 0.15) is 31.7 Å². The maximum absolute atomic E-state index is 4.23. The van der Waals surface area contributed by atoms with Crippen molar-refractivity contribution in [1.82, 2.24) is 10.3 Å². The molecule has 3 rings (SSSR count). The number of hydrogen-bond acceptors (Lipinski definition) is 2. The molecule has 15 heavy (non-hydrogen) atoms. The minimum absolute atomic E-state index is 0.675. The maximum atomic E-state index is 4.23. The Morgan fingerprint density at radius 1 is 1.33 bits per heavy atom. The van der Waals surface area contributed by atoms with Crippen molar-refractivity contribution in [2.24, 2.45) is 11.8 Å². The Morgan fingerprint density at radius 3 is 2.80 bits per heavy atom. The van der Waals surface area contributed by atoms with Gasteiger partial charge >= 0.3 is 0 Å². The van der Waals surface area contributed by atoms with Gasteiger partial charge in [-0.15, -0.1) is 0 Å². The lowest BCUT2D eigenvalue weighted by atomic mass is 9.74. The molecule has 2 aliphatic heterocycles. The average Bonchev–Trinajstić information content (AvgIpc) is 2.82. The maximum Gasteiger partial charge on any atom is 0.0303 e. The van der Waals surface area contributed by atoms with Crippen molar-refractivity contribution < 1.29 is 0 Å². The van der Waals surface area contributed by atoms with Gasteiger partial charge in [-0.25, -0.2) is 0 Å². The highest BCUT2D eigenvalue weighted by atomic mass is 15.1. The number of rotatable bonds is 1. The van der Waals surface area contributed by atoms with Gasteiger partial charge in [0, 0.05) is 30.4 Å². The van der Waals surface area contributed by atoms with Crippen LogP contribution in [0.5, 0.6) is 0 Å². The van der Waals surface area contributed by atoms with E-state index < -0.39 is 0 Å². The number of nitrogens with zero attached hydrogens (tertiary/aromatic N) is 1. The smallest absolute Gasteiger partial charge is 0.0303 e. The van der Waals surface area contributed by atoms with Gasteiger partial charge in [0.05, 0.1) is 0 Å². The largest absolute Gasteiger partial charge is 0.310 e. The highest BCUT2D eigenvalue weighted by Crippen LogP contribution is 2.45. The van der Waals surface area contributed by atoms with E-state index in [0.29, 0.717) is 12.0 Å². The van der Waals surface area contributed by atoms with Gasteiger partial charge in [0.15, 0.2) is 0 Å². The molecule has 2 bridgehead atoms. The first-order valence-electron chi connectivity index (χ1n) is 5.93. The van der Waals surface area contributed by atoms with Crippen molar-refractivity contribution in [3.8, 4) is 0 Å². The lowest BCUT2D eigenvalue weighted by molar-refractivity contribution is 0.302. The molecule has 0 radical (unpaired) electrons. The molecule has 2 saturated heterocycles. The van der Waals surface area contributed by atoms with Gasteiger partial charge in [-0.05, 0) is 29.9 Å². The third-order valence-electron chi connectivity index (χ3n) is 4.49. The Bertz CT molecular complexity index is 347. The Balaban J connectivity index is 1.87. The van der Waals surface area contributed by atoms with Crippen molar-refractivity contribution in [3.05, 3.63) is 30.1 Å². The van der Waals surface area contributed by atoms with E-state index in [4.69, 9.17) is 0 Å². The first kappa shape index (κ1) is 9.34. The molecule has 2 heteroatoms. The summed E-state index contributed by atoms with van der Waals surface area (Å²) in [6.07, 6.45) is 5.18. The summed E-state index contributed by atoms with van der Waals surface area (Å²) in [5.74, 6) is 2.33. The van der Waals surface area contributed by atoms with Crippen molar-refractivity contribution in [2.75, 3.05) is 0 Å². The standard InChI is InChI=1S/C13H18N2/c1-8-9(2)13-11(6-12(8)15-13)10-4-3-5-14-7-10/h3-5,7-9,11-13,15H,6H2,1-2H3. The lowest BCUT2D eigenvalue weighted by Crippen LogP contribution is -2.29. The zero-order valence-corrected chi connectivity index (χ0v) is 9.35. The number of hydrogen-bond donors (Lipinski definition) is 1. The fourth-order valence-corrected chi connectivity index (χ4v) is 3.37. The van der Waals surface area contributed by atoms with E-state index in [1.54, 1.807) is 0 Å². The van der Waals surface area contributed by atoms with E-state index in [2.05, 4.69) is 36.3 Å². The highest BCUT2D eigenvalue weighted by molar-refractivity contribution is 5.23. The Morgan fingerprint density at radius 2 is 2.20 bits per heavy atom. The Labute approximate surface area is 91.1 Å². The summed E-state index contributed by atoms with van der Waals surface area (Å²) in [4.78, 5) is 4.23. The summed E-state index contributed by atoms with van der Waals surface area (Å²) in [6.45, 7) is 4.76. The van der Waals surface area contributed by atoms with Crippen LogP contribution in [0.4, 0.5) is 0 Å². The molecule has 0 amide bonds. The SMILES string of the molecule is CC1C2CC(c3cccnc3)C(N2)C1C. The molecular formula is C13H18N2. The van der Waals surface area contributed by atoms with Gasteiger partial charge in [0.25, 0.3) is 0 Å². The molecule has 80 valence electrons. The van der Waals surface area contributed by atoms with Crippen LogP contribution in [0.3, 0.4) is 0 Å². The van der Waals surface area contributed by atoms with Crippen LogP contribution in [-0.4, -0.2) is 17.1 Å². The van der Waals surface area contributed by atoms with Crippen molar-refractivity contribution in [2.45, 2.75) is 38.3 Å². The number of nitrogens with one attached hydrogen (secondary N) is 1. The summed E-state index contributed by atoms with van der Waals surface area (Å²) in [6, 6.07) is 5.68. The fraction of sp³-hybridized carbons (Fsp3) is 0.615. The molecule has 2 aliphatic rings. The second-order valence-corrected chi connectivity index (χ2v) is 5.15. The highest BCUT2D eigenvalue weighted by Gasteiger charge is 2.48. The van der Waals surface area contributed by atoms with Gasteiger partial charge in [-0.2, -0.15) is 0 Å². The Hall–Kier alpha value is -0.890. The average molecular weight is 202 g/mol. The van der Waals surface area contributed by atoms with Crippen molar-refractivity contribution in [3.63, 3.8) is 0 Å². The first-order chi connectivity index (χ1) is 7.27. The van der Waals surface area contributed by atoms with Crippen LogP contribution >= 0.6 is 0 Å². The normalized spacial score (nSPS) is 43.5. The molecule has 2 fully saturated rings. The minimum Gasteiger partial charge on any atom is -0.310 e. The minimum atomic E-state index is 0.675. The van der Waals surface area contributed by atoms with Crippen molar-refractivity contribution >= 4 is 0 Å². The van der Waals surface area contributed by atoms with Crippen LogP contribution in [0.15, 0.2) is 24.5 Å². The van der Waals surface area contributed by atoms with E-state index in [0.717, 1.165) is 17.9 Å². The molecule has 1 aromatic rings. The Kier molecular flexibility index (Phi) is 2.06. The molecule has 3 heterocycles. The fourth-order valence-electron chi connectivity index (χ4n) is 3.37. The van der Waals surface area contributed by atoms with E-state index in [1.165, 1.54) is 12.0 Å². The molecule has 0 spiro atoms. The molecule has 1 aromatic heterocycles. The second kappa shape index (κ2) is 3.31. The van der Waals surface area contributed by atoms with E-state index >= 15 is 0 Å². The van der Waals surface area contributed by atoms with Gasteiger partial charge in [-0.3, -0.25) is 4.98 Å². The topological polar surface area (TPSA) is 24.9 Å². The quantitative estimate of drug-likeness (QED) is 0.755. The van der Waals surface area contributed by atoms with Crippen LogP contribution in [0.25, 0.3) is 0 Å². The zero-order valence-electron chi connectivity index (χ0n) is 9.35. The number of fused-ring (bicyclic) bond motifs is 2. The van der Waals surface area contributed by atoms with Crippen LogP contribution in [0.2, 0.25) is 0 Å². The molecule has 0 aliphatic carbocycles. The molecular weight excluding hydrogens is 184 g/mol. The van der Waals surface area contributed by atoms with E-state index in [-0.39, 0.29) is 0 Å². The predicted molar refractivity (Wildman–Crippen MR) is 60.6 cm³/mol. The van der Waals surface area contributed by atoms with Crippen molar-refractivity contribution in [1.29, 1.82) is 0 Å². The van der Waals surface area contributed by atoms with Gasteiger partial charge < -0.3 is 5.32 Å².